The maximum atomic E-state index is 12.8. The quantitative estimate of drug-likeness (QED) is 0.249. The molecule has 2 saturated heterocycles. The SMILES string of the molecule is CC(C)(C)NC(=O)N1CCCC1c1ncc(-c2ccc(-c3ccc4nc(C5CCCN5C(=O)O)[nH]c4c3)cc2)[nH]1. The summed E-state index contributed by atoms with van der Waals surface area (Å²) in [7, 11) is 0. The van der Waals surface area contributed by atoms with Gasteiger partial charge in [-0.15, -0.1) is 0 Å². The third-order valence-electron chi connectivity index (χ3n) is 7.75. The summed E-state index contributed by atoms with van der Waals surface area (Å²) in [6, 6.07) is 14.0. The van der Waals surface area contributed by atoms with E-state index < -0.39 is 6.09 Å². The Hall–Kier alpha value is -4.34. The number of carboxylic acid groups (broad SMARTS) is 1. The van der Waals surface area contributed by atoms with E-state index in [9.17, 15) is 14.7 Å². The van der Waals surface area contributed by atoms with Crippen LogP contribution in [-0.4, -0.2) is 65.6 Å². The molecule has 6 rings (SSSR count). The molecule has 4 heterocycles. The molecule has 2 aromatic carbocycles. The first-order valence-electron chi connectivity index (χ1n) is 13.9. The van der Waals surface area contributed by atoms with Crippen molar-refractivity contribution in [3.05, 3.63) is 60.3 Å². The molecule has 4 aromatic rings. The summed E-state index contributed by atoms with van der Waals surface area (Å²) >= 11 is 0. The van der Waals surface area contributed by atoms with Crippen molar-refractivity contribution < 1.29 is 14.7 Å². The number of nitrogens with zero attached hydrogens (tertiary/aromatic N) is 4. The van der Waals surface area contributed by atoms with Gasteiger partial charge in [0.25, 0.3) is 0 Å². The van der Waals surface area contributed by atoms with Crippen LogP contribution in [0.4, 0.5) is 9.59 Å². The maximum absolute atomic E-state index is 12.8. The van der Waals surface area contributed by atoms with E-state index in [-0.39, 0.29) is 23.7 Å². The van der Waals surface area contributed by atoms with E-state index in [2.05, 4.69) is 55.6 Å². The lowest BCUT2D eigenvalue weighted by atomic mass is 10.0. The molecule has 0 saturated carbocycles. The van der Waals surface area contributed by atoms with Crippen LogP contribution in [0.2, 0.25) is 0 Å². The molecule has 2 atom stereocenters. The second-order valence-electron chi connectivity index (χ2n) is 11.8. The predicted octanol–water partition coefficient (Wildman–Crippen LogP) is 6.08. The van der Waals surface area contributed by atoms with Crippen molar-refractivity contribution >= 4 is 23.2 Å². The molecule has 0 spiro atoms. The van der Waals surface area contributed by atoms with Crippen molar-refractivity contribution in [3.8, 4) is 22.4 Å². The number of urea groups is 1. The number of hydrogen-bond acceptors (Lipinski definition) is 4. The molecule has 2 aliphatic rings. The molecule has 0 radical (unpaired) electrons. The number of benzene rings is 2. The fourth-order valence-corrected chi connectivity index (χ4v) is 5.83. The van der Waals surface area contributed by atoms with Gasteiger partial charge in [-0.05, 0) is 75.3 Å². The third-order valence-corrected chi connectivity index (χ3v) is 7.75. The van der Waals surface area contributed by atoms with E-state index in [0.717, 1.165) is 71.5 Å². The molecular formula is C30H35N7O3. The number of carbonyl (C=O) groups excluding carboxylic acids is 1. The molecule has 208 valence electrons. The van der Waals surface area contributed by atoms with E-state index in [1.807, 2.05) is 44.0 Å². The summed E-state index contributed by atoms with van der Waals surface area (Å²) < 4.78 is 0. The highest BCUT2D eigenvalue weighted by Crippen LogP contribution is 2.34. The number of likely N-dealkylation sites (tertiary alicyclic amines) is 2. The van der Waals surface area contributed by atoms with Gasteiger partial charge in [0.05, 0.1) is 35.0 Å². The summed E-state index contributed by atoms with van der Waals surface area (Å²) in [5.74, 6) is 1.51. The molecule has 2 aliphatic heterocycles. The number of aromatic amines is 2. The summed E-state index contributed by atoms with van der Waals surface area (Å²) in [5, 5.41) is 12.6. The number of fused-ring (bicyclic) bond motifs is 1. The van der Waals surface area contributed by atoms with Crippen LogP contribution in [0.1, 0.15) is 70.2 Å². The number of H-pyrrole nitrogens is 2. The van der Waals surface area contributed by atoms with E-state index in [1.165, 1.54) is 4.90 Å². The zero-order chi connectivity index (χ0) is 28.0. The smallest absolute Gasteiger partial charge is 0.407 e. The summed E-state index contributed by atoms with van der Waals surface area (Å²) in [5.41, 5.74) is 5.48. The molecule has 2 unspecified atom stereocenters. The lowest BCUT2D eigenvalue weighted by Crippen LogP contribution is -2.48. The van der Waals surface area contributed by atoms with Crippen LogP contribution in [0.15, 0.2) is 48.7 Å². The van der Waals surface area contributed by atoms with E-state index in [1.54, 1.807) is 0 Å². The fraction of sp³-hybridized carbons (Fsp3) is 0.400. The number of hydrogen-bond donors (Lipinski definition) is 4. The minimum absolute atomic E-state index is 0.0545. The molecule has 2 fully saturated rings. The number of carbonyl (C=O) groups is 2. The highest BCUT2D eigenvalue weighted by atomic mass is 16.4. The van der Waals surface area contributed by atoms with Crippen molar-refractivity contribution in [1.29, 1.82) is 0 Å². The zero-order valence-electron chi connectivity index (χ0n) is 23.1. The van der Waals surface area contributed by atoms with Gasteiger partial charge in [-0.2, -0.15) is 0 Å². The third kappa shape index (κ3) is 5.01. The highest BCUT2D eigenvalue weighted by Gasteiger charge is 2.34. The molecule has 10 nitrogen and oxygen atoms in total. The summed E-state index contributed by atoms with van der Waals surface area (Å²) in [6.45, 7) is 7.22. The number of amides is 3. The number of aromatic nitrogens is 4. The Bertz CT molecular complexity index is 1550. The van der Waals surface area contributed by atoms with Gasteiger partial charge in [0.1, 0.15) is 11.6 Å². The van der Waals surface area contributed by atoms with E-state index >= 15 is 0 Å². The van der Waals surface area contributed by atoms with Crippen LogP contribution >= 0.6 is 0 Å². The van der Waals surface area contributed by atoms with Crippen LogP contribution in [0.5, 0.6) is 0 Å². The first-order chi connectivity index (χ1) is 19.2. The first-order valence-corrected chi connectivity index (χ1v) is 13.9. The minimum atomic E-state index is -0.903. The topological polar surface area (TPSA) is 130 Å². The summed E-state index contributed by atoms with van der Waals surface area (Å²) in [4.78, 5) is 43.9. The maximum Gasteiger partial charge on any atom is 0.407 e. The second-order valence-corrected chi connectivity index (χ2v) is 11.8. The molecule has 4 N–H and O–H groups in total. The second kappa shape index (κ2) is 10.0. The van der Waals surface area contributed by atoms with Gasteiger partial charge in [-0.1, -0.05) is 30.3 Å². The Balaban J connectivity index is 1.19. The molecule has 0 aliphatic carbocycles. The molecular weight excluding hydrogens is 506 g/mol. The minimum Gasteiger partial charge on any atom is -0.465 e. The van der Waals surface area contributed by atoms with E-state index in [0.29, 0.717) is 12.4 Å². The van der Waals surface area contributed by atoms with Gasteiger partial charge in [-0.25, -0.2) is 19.6 Å². The standard InChI is InChI=1S/C30H35N7O3/c1-30(2,3)35-28(38)36-14-4-6-24(36)26-31-17-23(34-26)19-10-8-18(9-11-19)20-12-13-21-22(16-20)33-27(32-21)25-7-5-15-37(25)29(39)40/h8-13,16-17,24-25H,4-7,14-15H2,1-3H3,(H,31,34)(H,32,33)(H,35,38)(H,39,40). The van der Waals surface area contributed by atoms with Crippen molar-refractivity contribution in [2.24, 2.45) is 0 Å². The van der Waals surface area contributed by atoms with Crippen molar-refractivity contribution in [2.45, 2.75) is 64.1 Å². The zero-order valence-corrected chi connectivity index (χ0v) is 23.1. The molecule has 40 heavy (non-hydrogen) atoms. The van der Waals surface area contributed by atoms with Gasteiger partial charge < -0.3 is 25.3 Å². The van der Waals surface area contributed by atoms with Crippen LogP contribution < -0.4 is 5.32 Å². The lowest BCUT2D eigenvalue weighted by molar-refractivity contribution is 0.139. The van der Waals surface area contributed by atoms with Gasteiger partial charge in [0.2, 0.25) is 0 Å². The van der Waals surface area contributed by atoms with Gasteiger partial charge in [0.15, 0.2) is 0 Å². The normalized spacial score (nSPS) is 19.5. The van der Waals surface area contributed by atoms with Crippen LogP contribution in [0.3, 0.4) is 0 Å². The Morgan fingerprint density at radius 3 is 2.25 bits per heavy atom. The van der Waals surface area contributed by atoms with Crippen molar-refractivity contribution in [1.82, 2.24) is 35.1 Å². The Morgan fingerprint density at radius 1 is 0.900 bits per heavy atom. The summed E-state index contributed by atoms with van der Waals surface area (Å²) in [6.07, 6.45) is 4.39. The fourth-order valence-electron chi connectivity index (χ4n) is 5.83. The Kier molecular flexibility index (Phi) is 6.48. The Morgan fingerprint density at radius 2 is 1.55 bits per heavy atom. The van der Waals surface area contributed by atoms with Crippen LogP contribution in [0, 0.1) is 0 Å². The van der Waals surface area contributed by atoms with Gasteiger partial charge in [0, 0.05) is 18.6 Å². The molecule has 2 aromatic heterocycles. The number of nitrogens with one attached hydrogen (secondary N) is 3. The lowest BCUT2D eigenvalue weighted by Gasteiger charge is -2.28. The molecule has 0 bridgehead atoms. The molecule has 10 heteroatoms. The van der Waals surface area contributed by atoms with Gasteiger partial charge >= 0.3 is 12.1 Å². The Labute approximate surface area is 232 Å². The monoisotopic (exact) mass is 541 g/mol. The van der Waals surface area contributed by atoms with E-state index in [4.69, 9.17) is 0 Å². The van der Waals surface area contributed by atoms with Crippen LogP contribution in [0.25, 0.3) is 33.4 Å². The van der Waals surface area contributed by atoms with Crippen molar-refractivity contribution in [2.75, 3.05) is 13.1 Å². The largest absolute Gasteiger partial charge is 0.465 e. The predicted molar refractivity (Wildman–Crippen MR) is 153 cm³/mol. The number of rotatable bonds is 4. The average Bonchev–Trinajstić information content (AvgIpc) is 3.72. The average molecular weight is 542 g/mol. The van der Waals surface area contributed by atoms with Crippen molar-refractivity contribution in [3.63, 3.8) is 0 Å². The first kappa shape index (κ1) is 25.9. The molecule has 3 amide bonds. The van der Waals surface area contributed by atoms with Crippen LogP contribution in [-0.2, 0) is 0 Å². The number of imidazole rings is 2. The highest BCUT2D eigenvalue weighted by molar-refractivity contribution is 5.83. The van der Waals surface area contributed by atoms with Gasteiger partial charge in [-0.3, -0.25) is 4.90 Å².